The lowest BCUT2D eigenvalue weighted by atomic mass is 10.1. The van der Waals surface area contributed by atoms with E-state index >= 15 is 0 Å². The van der Waals surface area contributed by atoms with Gasteiger partial charge in [-0.25, -0.2) is 13.2 Å². The SMILES string of the molecule is Cc1[nH]c(C(=O)O)c(C)c1C(=O)NC(C)CS(C)(=O)=O. The molecular formula is C12H18N2O5S. The molecule has 0 aliphatic heterocycles. The smallest absolute Gasteiger partial charge is 0.352 e. The summed E-state index contributed by atoms with van der Waals surface area (Å²) in [6.07, 6.45) is 1.09. The molecule has 0 aliphatic rings. The first-order valence-corrected chi connectivity index (χ1v) is 8.00. The third kappa shape index (κ3) is 3.83. The molecule has 1 heterocycles. The van der Waals surface area contributed by atoms with Crippen LogP contribution in [0.4, 0.5) is 0 Å². The van der Waals surface area contributed by atoms with Gasteiger partial charge in [0.15, 0.2) is 0 Å². The highest BCUT2D eigenvalue weighted by Crippen LogP contribution is 2.18. The summed E-state index contributed by atoms with van der Waals surface area (Å²) in [5.74, 6) is -1.80. The Balaban J connectivity index is 2.96. The first-order valence-electron chi connectivity index (χ1n) is 5.94. The zero-order valence-corrected chi connectivity index (χ0v) is 12.6. The van der Waals surface area contributed by atoms with E-state index in [2.05, 4.69) is 10.3 Å². The van der Waals surface area contributed by atoms with Crippen molar-refractivity contribution in [1.29, 1.82) is 0 Å². The number of hydrogen-bond donors (Lipinski definition) is 3. The summed E-state index contributed by atoms with van der Waals surface area (Å²) in [6, 6.07) is -0.556. The minimum absolute atomic E-state index is 0.0385. The Morgan fingerprint density at radius 3 is 2.30 bits per heavy atom. The van der Waals surface area contributed by atoms with Crippen LogP contribution in [-0.2, 0) is 9.84 Å². The summed E-state index contributed by atoms with van der Waals surface area (Å²) < 4.78 is 22.3. The van der Waals surface area contributed by atoms with E-state index in [-0.39, 0.29) is 17.0 Å². The number of sulfone groups is 1. The van der Waals surface area contributed by atoms with Crippen molar-refractivity contribution in [1.82, 2.24) is 10.3 Å². The molecule has 1 amide bonds. The van der Waals surface area contributed by atoms with E-state index in [1.54, 1.807) is 13.8 Å². The van der Waals surface area contributed by atoms with Gasteiger partial charge in [0.2, 0.25) is 0 Å². The normalized spacial score (nSPS) is 13.0. The van der Waals surface area contributed by atoms with E-state index in [0.29, 0.717) is 11.3 Å². The fraction of sp³-hybridized carbons (Fsp3) is 0.500. The third-order valence-corrected chi connectivity index (χ3v) is 3.91. The number of carboxylic acid groups (broad SMARTS) is 1. The molecule has 0 aliphatic carbocycles. The van der Waals surface area contributed by atoms with Crippen LogP contribution in [-0.4, -0.2) is 48.4 Å². The van der Waals surface area contributed by atoms with Crippen LogP contribution in [0.3, 0.4) is 0 Å². The van der Waals surface area contributed by atoms with Gasteiger partial charge in [-0.2, -0.15) is 0 Å². The molecule has 0 radical (unpaired) electrons. The van der Waals surface area contributed by atoms with Gasteiger partial charge in [-0.15, -0.1) is 0 Å². The molecule has 0 bridgehead atoms. The van der Waals surface area contributed by atoms with Crippen molar-refractivity contribution in [2.75, 3.05) is 12.0 Å². The fourth-order valence-corrected chi connectivity index (χ4v) is 3.09. The first-order chi connectivity index (χ1) is 9.03. The highest BCUT2D eigenvalue weighted by Gasteiger charge is 2.23. The van der Waals surface area contributed by atoms with E-state index < -0.39 is 27.8 Å². The lowest BCUT2D eigenvalue weighted by Gasteiger charge is -2.13. The van der Waals surface area contributed by atoms with Crippen molar-refractivity contribution >= 4 is 21.7 Å². The summed E-state index contributed by atoms with van der Waals surface area (Å²) in [7, 11) is -3.20. The van der Waals surface area contributed by atoms with Crippen molar-refractivity contribution in [3.8, 4) is 0 Å². The molecule has 0 saturated carbocycles. The molecule has 1 aromatic heterocycles. The summed E-state index contributed by atoms with van der Waals surface area (Å²) in [5.41, 5.74) is 0.967. The van der Waals surface area contributed by atoms with Crippen LogP contribution >= 0.6 is 0 Å². The molecule has 1 atom stereocenters. The van der Waals surface area contributed by atoms with Gasteiger partial charge < -0.3 is 15.4 Å². The summed E-state index contributed by atoms with van der Waals surface area (Å²) in [6.45, 7) is 4.70. The monoisotopic (exact) mass is 302 g/mol. The van der Waals surface area contributed by atoms with Crippen LogP contribution in [0.1, 0.15) is 39.0 Å². The number of aromatic amines is 1. The second-order valence-electron chi connectivity index (χ2n) is 4.90. The van der Waals surface area contributed by atoms with E-state index in [1.807, 2.05) is 0 Å². The molecule has 3 N–H and O–H groups in total. The quantitative estimate of drug-likeness (QED) is 0.732. The van der Waals surface area contributed by atoms with Gasteiger partial charge in [0.25, 0.3) is 5.91 Å². The highest BCUT2D eigenvalue weighted by atomic mass is 32.2. The summed E-state index contributed by atoms with van der Waals surface area (Å²) in [5, 5.41) is 11.5. The number of carbonyl (C=O) groups is 2. The zero-order chi connectivity index (χ0) is 15.7. The Morgan fingerprint density at radius 1 is 1.35 bits per heavy atom. The van der Waals surface area contributed by atoms with E-state index in [0.717, 1.165) is 6.26 Å². The van der Waals surface area contributed by atoms with Crippen LogP contribution in [0, 0.1) is 13.8 Å². The van der Waals surface area contributed by atoms with E-state index in [1.165, 1.54) is 6.92 Å². The lowest BCUT2D eigenvalue weighted by Crippen LogP contribution is -2.37. The molecular weight excluding hydrogens is 284 g/mol. The molecule has 112 valence electrons. The number of nitrogens with one attached hydrogen (secondary N) is 2. The standard InChI is InChI=1S/C12H18N2O5S/c1-6(5-20(4,18)19)13-11(15)9-7(2)10(12(16)17)14-8(9)3/h6,14H,5H2,1-4H3,(H,13,15)(H,16,17). The Kier molecular flexibility index (Phi) is 4.59. The topological polar surface area (TPSA) is 116 Å². The number of amides is 1. The average molecular weight is 302 g/mol. The molecule has 1 unspecified atom stereocenters. The number of carboxylic acids is 1. The molecule has 0 saturated heterocycles. The van der Waals surface area contributed by atoms with E-state index in [4.69, 9.17) is 5.11 Å². The van der Waals surface area contributed by atoms with Crippen LogP contribution < -0.4 is 5.32 Å². The zero-order valence-electron chi connectivity index (χ0n) is 11.8. The highest BCUT2D eigenvalue weighted by molar-refractivity contribution is 7.90. The van der Waals surface area contributed by atoms with Crippen molar-refractivity contribution in [2.24, 2.45) is 0 Å². The third-order valence-electron chi connectivity index (χ3n) is 2.81. The average Bonchev–Trinajstić information content (AvgIpc) is 2.50. The number of aromatic nitrogens is 1. The van der Waals surface area contributed by atoms with Crippen LogP contribution in [0.2, 0.25) is 0 Å². The maximum absolute atomic E-state index is 12.1. The molecule has 8 heteroatoms. The van der Waals surface area contributed by atoms with Crippen LogP contribution in [0.5, 0.6) is 0 Å². The van der Waals surface area contributed by atoms with E-state index in [9.17, 15) is 18.0 Å². The number of carbonyl (C=O) groups excluding carboxylic acids is 1. The predicted molar refractivity (Wildman–Crippen MR) is 73.9 cm³/mol. The largest absolute Gasteiger partial charge is 0.477 e. The number of aryl methyl sites for hydroxylation is 1. The summed E-state index contributed by atoms with van der Waals surface area (Å²) >= 11 is 0. The van der Waals surface area contributed by atoms with Crippen LogP contribution in [0.25, 0.3) is 0 Å². The van der Waals surface area contributed by atoms with Gasteiger partial charge in [-0.3, -0.25) is 4.79 Å². The Hall–Kier alpha value is -1.83. The van der Waals surface area contributed by atoms with Gasteiger partial charge in [0, 0.05) is 18.0 Å². The van der Waals surface area contributed by atoms with Crippen molar-refractivity contribution in [2.45, 2.75) is 26.8 Å². The molecule has 0 fully saturated rings. The molecule has 1 rings (SSSR count). The number of hydrogen-bond acceptors (Lipinski definition) is 4. The van der Waals surface area contributed by atoms with Crippen LogP contribution in [0.15, 0.2) is 0 Å². The van der Waals surface area contributed by atoms with Gasteiger partial charge >= 0.3 is 5.97 Å². The van der Waals surface area contributed by atoms with Gasteiger partial charge in [-0.1, -0.05) is 0 Å². The summed E-state index contributed by atoms with van der Waals surface area (Å²) in [4.78, 5) is 25.7. The van der Waals surface area contributed by atoms with Gasteiger partial charge in [0.1, 0.15) is 15.5 Å². The Bertz CT molecular complexity index is 645. The van der Waals surface area contributed by atoms with Gasteiger partial charge in [-0.05, 0) is 26.3 Å². The van der Waals surface area contributed by atoms with Crippen molar-refractivity contribution in [3.63, 3.8) is 0 Å². The lowest BCUT2D eigenvalue weighted by molar-refractivity contribution is 0.0690. The minimum atomic E-state index is -3.20. The molecule has 20 heavy (non-hydrogen) atoms. The molecule has 0 spiro atoms. The van der Waals surface area contributed by atoms with Crippen molar-refractivity contribution in [3.05, 3.63) is 22.5 Å². The maximum Gasteiger partial charge on any atom is 0.352 e. The molecule has 1 aromatic rings. The maximum atomic E-state index is 12.1. The molecule has 0 aromatic carbocycles. The Labute approximate surface area is 117 Å². The second-order valence-corrected chi connectivity index (χ2v) is 7.08. The molecule has 7 nitrogen and oxygen atoms in total. The number of H-pyrrole nitrogens is 1. The minimum Gasteiger partial charge on any atom is -0.477 e. The number of rotatable bonds is 5. The first kappa shape index (κ1) is 16.2. The Morgan fingerprint density at radius 2 is 1.90 bits per heavy atom. The second kappa shape index (κ2) is 5.66. The number of aromatic carboxylic acids is 1. The fourth-order valence-electron chi connectivity index (χ4n) is 2.10. The predicted octanol–water partition coefficient (Wildman–Crippen LogP) is 0.493. The van der Waals surface area contributed by atoms with Gasteiger partial charge in [0.05, 0.1) is 11.3 Å². The van der Waals surface area contributed by atoms with Crippen molar-refractivity contribution < 1.29 is 23.1 Å².